The molecule has 0 bridgehead atoms. The molecule has 2 N–H and O–H groups in total. The van der Waals surface area contributed by atoms with Gasteiger partial charge in [0.15, 0.2) is 11.5 Å². The van der Waals surface area contributed by atoms with Gasteiger partial charge in [0.25, 0.3) is 0 Å². The highest BCUT2D eigenvalue weighted by Crippen LogP contribution is 2.50. The van der Waals surface area contributed by atoms with Crippen molar-refractivity contribution in [3.8, 4) is 29.1 Å². The maximum Gasteiger partial charge on any atom is 0.231 e. The molecule has 2 aliphatic rings. The first-order chi connectivity index (χ1) is 15.9. The minimum absolute atomic E-state index is 0.0317. The molecule has 33 heavy (non-hydrogen) atoms. The fraction of sp³-hybridized carbons (Fsp3) is 0.125. The average molecular weight is 546 g/mol. The van der Waals surface area contributed by atoms with Crippen LogP contribution in [-0.4, -0.2) is 6.79 Å². The zero-order valence-corrected chi connectivity index (χ0v) is 20.0. The van der Waals surface area contributed by atoms with Gasteiger partial charge < -0.3 is 24.7 Å². The number of benzene rings is 3. The van der Waals surface area contributed by atoms with Crippen LogP contribution in [0.4, 0.5) is 0 Å². The number of nitriles is 1. The van der Waals surface area contributed by atoms with Crippen molar-refractivity contribution in [2.45, 2.75) is 12.5 Å². The quantitative estimate of drug-likeness (QED) is 0.415. The van der Waals surface area contributed by atoms with Crippen molar-refractivity contribution in [2.24, 2.45) is 5.73 Å². The zero-order chi connectivity index (χ0) is 23.1. The van der Waals surface area contributed by atoms with Gasteiger partial charge in [0.1, 0.15) is 29.7 Å². The zero-order valence-electron chi connectivity index (χ0n) is 16.9. The van der Waals surface area contributed by atoms with Crippen LogP contribution in [0.15, 0.2) is 64.5 Å². The number of rotatable bonds is 4. The number of nitrogens with two attached hydrogens (primary N) is 1. The van der Waals surface area contributed by atoms with Crippen molar-refractivity contribution in [1.29, 1.82) is 5.26 Å². The van der Waals surface area contributed by atoms with Crippen LogP contribution in [0.1, 0.15) is 22.6 Å². The summed E-state index contributed by atoms with van der Waals surface area (Å²) in [7, 11) is 0. The van der Waals surface area contributed by atoms with Crippen molar-refractivity contribution in [1.82, 2.24) is 0 Å². The van der Waals surface area contributed by atoms with Crippen LogP contribution in [0.3, 0.4) is 0 Å². The Balaban J connectivity index is 1.59. The highest BCUT2D eigenvalue weighted by Gasteiger charge is 2.35. The van der Waals surface area contributed by atoms with Gasteiger partial charge in [-0.2, -0.15) is 5.26 Å². The molecular formula is C24H15BrCl2N2O4. The molecule has 2 aliphatic heterocycles. The lowest BCUT2D eigenvalue weighted by molar-refractivity contribution is 0.174. The molecule has 0 aliphatic carbocycles. The predicted octanol–water partition coefficient (Wildman–Crippen LogP) is 6.28. The largest absolute Gasteiger partial charge is 0.489 e. The molecule has 0 saturated heterocycles. The van der Waals surface area contributed by atoms with Gasteiger partial charge in [-0.1, -0.05) is 45.2 Å². The van der Waals surface area contributed by atoms with Gasteiger partial charge in [-0.3, -0.25) is 0 Å². The third-order valence-corrected chi connectivity index (χ3v) is 6.60. The lowest BCUT2D eigenvalue weighted by Gasteiger charge is -2.28. The average Bonchev–Trinajstić information content (AvgIpc) is 3.25. The van der Waals surface area contributed by atoms with Crippen LogP contribution < -0.4 is 24.7 Å². The number of hydrogen-bond donors (Lipinski definition) is 1. The fourth-order valence-corrected chi connectivity index (χ4v) is 4.53. The molecule has 0 aromatic heterocycles. The summed E-state index contributed by atoms with van der Waals surface area (Å²) in [6.45, 7) is 0.371. The first-order valence-electron chi connectivity index (χ1n) is 9.82. The molecule has 3 aromatic rings. The minimum atomic E-state index is -0.533. The Morgan fingerprint density at radius 3 is 2.55 bits per heavy atom. The van der Waals surface area contributed by atoms with Crippen LogP contribution in [-0.2, 0) is 6.61 Å². The van der Waals surface area contributed by atoms with E-state index in [1.165, 1.54) is 0 Å². The molecule has 0 unspecified atom stereocenters. The second kappa shape index (κ2) is 8.71. The van der Waals surface area contributed by atoms with Gasteiger partial charge in [0, 0.05) is 21.7 Å². The topological polar surface area (TPSA) is 86.7 Å². The molecular weight excluding hydrogens is 531 g/mol. The molecule has 0 spiro atoms. The maximum atomic E-state index is 9.93. The molecule has 1 atom stereocenters. The van der Waals surface area contributed by atoms with E-state index in [2.05, 4.69) is 22.0 Å². The van der Waals surface area contributed by atoms with Gasteiger partial charge in [-0.05, 0) is 42.0 Å². The summed E-state index contributed by atoms with van der Waals surface area (Å²) in [5.41, 5.74) is 8.74. The standard InChI is InChI=1S/C24H15BrCl2N2O4/c25-13-2-4-19(30-10-12-1-3-17(26)18(27)5-12)14(6-13)23-15-7-21-22(32-11-31-21)8-20(15)33-24(29)16(23)9-28/h1-8,23H,10-11,29H2/t23-/m0/s1. The summed E-state index contributed by atoms with van der Waals surface area (Å²) >= 11 is 15.7. The van der Waals surface area contributed by atoms with Crippen molar-refractivity contribution in [2.75, 3.05) is 6.79 Å². The molecule has 0 saturated carbocycles. The predicted molar refractivity (Wildman–Crippen MR) is 127 cm³/mol. The Hall–Kier alpha value is -3.05. The Labute approximate surface area is 208 Å². The van der Waals surface area contributed by atoms with E-state index in [1.54, 1.807) is 18.2 Å². The molecule has 0 fully saturated rings. The number of hydrogen-bond acceptors (Lipinski definition) is 6. The van der Waals surface area contributed by atoms with Crippen molar-refractivity contribution >= 4 is 39.1 Å². The van der Waals surface area contributed by atoms with E-state index >= 15 is 0 Å². The van der Waals surface area contributed by atoms with E-state index in [-0.39, 0.29) is 24.9 Å². The third kappa shape index (κ3) is 4.06. The van der Waals surface area contributed by atoms with Crippen molar-refractivity contribution < 1.29 is 18.9 Å². The van der Waals surface area contributed by atoms with E-state index in [4.69, 9.17) is 47.9 Å². The van der Waals surface area contributed by atoms with Gasteiger partial charge in [-0.25, -0.2) is 0 Å². The van der Waals surface area contributed by atoms with E-state index in [0.29, 0.717) is 33.0 Å². The molecule has 166 valence electrons. The maximum absolute atomic E-state index is 9.93. The van der Waals surface area contributed by atoms with Crippen molar-refractivity contribution in [3.05, 3.63) is 91.2 Å². The van der Waals surface area contributed by atoms with Crippen LogP contribution in [0.25, 0.3) is 0 Å². The summed E-state index contributed by atoms with van der Waals surface area (Å²) in [4.78, 5) is 0. The SMILES string of the molecule is N#CC1=C(N)Oc2cc3c(cc2[C@@H]1c1cc(Br)ccc1OCc1ccc(Cl)c(Cl)c1)OCO3. The number of nitrogens with zero attached hydrogens (tertiary/aromatic N) is 1. The summed E-state index contributed by atoms with van der Waals surface area (Å²) in [5.74, 6) is 1.72. The first kappa shape index (κ1) is 21.8. The monoisotopic (exact) mass is 544 g/mol. The number of ether oxygens (including phenoxy) is 4. The highest BCUT2D eigenvalue weighted by atomic mass is 79.9. The Kier molecular flexibility index (Phi) is 5.75. The van der Waals surface area contributed by atoms with Crippen LogP contribution in [0.2, 0.25) is 10.0 Å². The second-order valence-corrected chi connectivity index (χ2v) is 9.12. The smallest absolute Gasteiger partial charge is 0.231 e. The lowest BCUT2D eigenvalue weighted by Crippen LogP contribution is -2.21. The second-order valence-electron chi connectivity index (χ2n) is 7.39. The van der Waals surface area contributed by atoms with Gasteiger partial charge in [0.05, 0.1) is 16.0 Å². The van der Waals surface area contributed by atoms with Crippen molar-refractivity contribution in [3.63, 3.8) is 0 Å². The first-order valence-corrected chi connectivity index (χ1v) is 11.4. The van der Waals surface area contributed by atoms with E-state index in [1.807, 2.05) is 30.3 Å². The Morgan fingerprint density at radius 2 is 1.79 bits per heavy atom. The molecule has 3 aromatic carbocycles. The highest BCUT2D eigenvalue weighted by molar-refractivity contribution is 9.10. The third-order valence-electron chi connectivity index (χ3n) is 5.37. The number of halogens is 3. The van der Waals surface area contributed by atoms with Crippen LogP contribution in [0, 0.1) is 11.3 Å². The summed E-state index contributed by atoms with van der Waals surface area (Å²) in [6.07, 6.45) is 0. The Bertz CT molecular complexity index is 1350. The van der Waals surface area contributed by atoms with Gasteiger partial charge in [0.2, 0.25) is 12.7 Å². The molecule has 0 radical (unpaired) electrons. The lowest BCUT2D eigenvalue weighted by atomic mass is 9.83. The van der Waals surface area contributed by atoms with Crippen LogP contribution >= 0.6 is 39.1 Å². The minimum Gasteiger partial charge on any atom is -0.489 e. The van der Waals surface area contributed by atoms with E-state index in [0.717, 1.165) is 21.2 Å². The molecule has 2 heterocycles. The number of allylic oxidation sites excluding steroid dienone is 1. The van der Waals surface area contributed by atoms with Gasteiger partial charge in [-0.15, -0.1) is 0 Å². The molecule has 5 rings (SSSR count). The fourth-order valence-electron chi connectivity index (χ4n) is 3.83. The van der Waals surface area contributed by atoms with Crippen LogP contribution in [0.5, 0.6) is 23.0 Å². The summed E-state index contributed by atoms with van der Waals surface area (Å²) in [6, 6.07) is 16.7. The normalized spacial score (nSPS) is 16.1. The summed E-state index contributed by atoms with van der Waals surface area (Å²) < 4.78 is 23.8. The Morgan fingerprint density at radius 1 is 1.00 bits per heavy atom. The summed E-state index contributed by atoms with van der Waals surface area (Å²) in [5, 5.41) is 10.9. The van der Waals surface area contributed by atoms with E-state index < -0.39 is 5.92 Å². The molecule has 0 amide bonds. The molecule has 6 nitrogen and oxygen atoms in total. The molecule has 9 heteroatoms. The number of fused-ring (bicyclic) bond motifs is 2. The van der Waals surface area contributed by atoms with E-state index in [9.17, 15) is 5.26 Å². The van der Waals surface area contributed by atoms with Gasteiger partial charge >= 0.3 is 0 Å².